The van der Waals surface area contributed by atoms with Gasteiger partial charge in [-0.3, -0.25) is 9.36 Å². The van der Waals surface area contributed by atoms with Crippen LogP contribution in [0.5, 0.6) is 5.75 Å². The zero-order valence-electron chi connectivity index (χ0n) is 26.3. The Kier molecular flexibility index (Phi) is 9.16. The number of ether oxygens (including phenoxy) is 4. The molecule has 0 N–H and O–H groups in total. The van der Waals surface area contributed by atoms with E-state index in [0.29, 0.717) is 48.3 Å². The number of oxazole rings is 1. The number of rotatable bonds is 9. The molecule has 0 aliphatic carbocycles. The third-order valence-corrected chi connectivity index (χ3v) is 9.52. The van der Waals surface area contributed by atoms with Gasteiger partial charge in [-0.2, -0.15) is 0 Å². The predicted molar refractivity (Wildman–Crippen MR) is 164 cm³/mol. The van der Waals surface area contributed by atoms with E-state index in [1.165, 1.54) is 31.9 Å². The van der Waals surface area contributed by atoms with Gasteiger partial charge in [0.25, 0.3) is 5.56 Å². The Balaban J connectivity index is 1.69. The van der Waals surface area contributed by atoms with Crippen LogP contribution >= 0.6 is 11.8 Å². The summed E-state index contributed by atoms with van der Waals surface area (Å²) in [6.45, 7) is 11.5. The topological polar surface area (TPSA) is 124 Å². The van der Waals surface area contributed by atoms with Crippen molar-refractivity contribution in [3.63, 3.8) is 0 Å². The summed E-state index contributed by atoms with van der Waals surface area (Å²) in [7, 11) is 1.59. The third kappa shape index (κ3) is 6.25. The molecular formula is C32H41N3O8S. The number of nitrogens with zero attached hydrogens (tertiary/aromatic N) is 3. The first-order chi connectivity index (χ1) is 20.8. The van der Waals surface area contributed by atoms with E-state index < -0.39 is 34.5 Å². The van der Waals surface area contributed by atoms with Crippen LogP contribution in [0.25, 0.3) is 0 Å². The Morgan fingerprint density at radius 3 is 2.48 bits per heavy atom. The Hall–Kier alpha value is -3.35. The van der Waals surface area contributed by atoms with Gasteiger partial charge in [0.05, 0.1) is 41.8 Å². The standard InChI is InChI=1S/C32H41N3O8S/c1-19-24-27(36)35(32(5,6)29(37)43-31(2,3)4)30(38)34(28(24)44-25(19)26-33-14-17-41-26)18-23(42-20-12-15-40-16-13-20)21-10-8-9-11-22(21)39-7/h8-11,14,17,19-20,23,25H,12-13,15-16,18H2,1-7H3/t19?,23-,25?/m0/s1. The van der Waals surface area contributed by atoms with Gasteiger partial charge >= 0.3 is 11.7 Å². The fourth-order valence-corrected chi connectivity index (χ4v) is 7.16. The predicted octanol–water partition coefficient (Wildman–Crippen LogP) is 4.97. The van der Waals surface area contributed by atoms with Crippen molar-refractivity contribution in [1.82, 2.24) is 14.1 Å². The van der Waals surface area contributed by atoms with Crippen LogP contribution in [-0.4, -0.2) is 52.1 Å². The molecule has 2 unspecified atom stereocenters. The molecule has 1 fully saturated rings. The summed E-state index contributed by atoms with van der Waals surface area (Å²) in [5.41, 5.74) is -2.41. The molecule has 0 amide bonds. The summed E-state index contributed by atoms with van der Waals surface area (Å²) < 4.78 is 31.9. The maximum absolute atomic E-state index is 14.5. The minimum absolute atomic E-state index is 0.0710. The SMILES string of the molecule is COc1ccccc1[C@H](Cn1c2c(c(=O)n(C(C)(C)C(=O)OC(C)(C)C)c1=O)C(C)C(c1ncco1)S2)OC1CCOCC1. The Bertz CT molecular complexity index is 1600. The number of esters is 1. The minimum Gasteiger partial charge on any atom is -0.496 e. The van der Waals surface area contributed by atoms with Crippen molar-refractivity contribution in [2.24, 2.45) is 0 Å². The van der Waals surface area contributed by atoms with E-state index in [-0.39, 0.29) is 23.8 Å². The van der Waals surface area contributed by atoms with Crippen molar-refractivity contribution in [3.8, 4) is 5.75 Å². The van der Waals surface area contributed by atoms with E-state index in [1.54, 1.807) is 38.6 Å². The number of para-hydroxylation sites is 1. The summed E-state index contributed by atoms with van der Waals surface area (Å²) in [5, 5.41) is 0.155. The van der Waals surface area contributed by atoms with Gasteiger partial charge < -0.3 is 23.4 Å². The third-order valence-electron chi connectivity index (χ3n) is 7.99. The molecular weight excluding hydrogens is 586 g/mol. The molecule has 3 atom stereocenters. The fourth-order valence-electron chi connectivity index (χ4n) is 5.69. The van der Waals surface area contributed by atoms with Gasteiger partial charge in [-0.05, 0) is 53.5 Å². The smallest absolute Gasteiger partial charge is 0.332 e. The van der Waals surface area contributed by atoms with E-state index in [9.17, 15) is 14.4 Å². The summed E-state index contributed by atoms with van der Waals surface area (Å²) in [6.07, 6.45) is 3.76. The zero-order chi connectivity index (χ0) is 31.8. The van der Waals surface area contributed by atoms with E-state index in [4.69, 9.17) is 23.4 Å². The number of aromatic nitrogens is 3. The molecule has 5 rings (SSSR count). The van der Waals surface area contributed by atoms with Crippen LogP contribution in [0.15, 0.2) is 55.8 Å². The average molecular weight is 628 g/mol. The van der Waals surface area contributed by atoms with Crippen LogP contribution in [0, 0.1) is 0 Å². The highest BCUT2D eigenvalue weighted by atomic mass is 32.2. The molecule has 4 heterocycles. The largest absolute Gasteiger partial charge is 0.496 e. The lowest BCUT2D eigenvalue weighted by atomic mass is 9.98. The molecule has 0 bridgehead atoms. The maximum atomic E-state index is 14.5. The summed E-state index contributed by atoms with van der Waals surface area (Å²) in [5.74, 6) is 0.0259. The van der Waals surface area contributed by atoms with Crippen LogP contribution in [-0.2, 0) is 31.1 Å². The number of hydrogen-bond acceptors (Lipinski definition) is 10. The highest BCUT2D eigenvalue weighted by Crippen LogP contribution is 2.52. The number of methoxy groups -OCH3 is 1. The maximum Gasteiger partial charge on any atom is 0.332 e. The quantitative estimate of drug-likeness (QED) is 0.237. The first kappa shape index (κ1) is 32.1. The molecule has 0 saturated carbocycles. The lowest BCUT2D eigenvalue weighted by Crippen LogP contribution is -2.55. The molecule has 2 aromatic heterocycles. The number of benzene rings is 1. The molecule has 0 radical (unpaired) electrons. The van der Waals surface area contributed by atoms with Crippen LogP contribution in [0.3, 0.4) is 0 Å². The lowest BCUT2D eigenvalue weighted by molar-refractivity contribution is -0.164. The van der Waals surface area contributed by atoms with Crippen LogP contribution in [0.2, 0.25) is 0 Å². The van der Waals surface area contributed by atoms with Crippen molar-refractivity contribution >= 4 is 17.7 Å². The Morgan fingerprint density at radius 2 is 1.84 bits per heavy atom. The Morgan fingerprint density at radius 1 is 1.14 bits per heavy atom. The van der Waals surface area contributed by atoms with Crippen molar-refractivity contribution in [3.05, 3.63) is 74.6 Å². The second kappa shape index (κ2) is 12.6. The average Bonchev–Trinajstić information content (AvgIpc) is 3.62. The highest BCUT2D eigenvalue weighted by molar-refractivity contribution is 7.99. The number of fused-ring (bicyclic) bond motifs is 1. The molecule has 12 heteroatoms. The monoisotopic (exact) mass is 627 g/mol. The number of thioether (sulfide) groups is 1. The van der Waals surface area contributed by atoms with Crippen molar-refractivity contribution in [2.75, 3.05) is 20.3 Å². The summed E-state index contributed by atoms with van der Waals surface area (Å²) >= 11 is 1.36. The van der Waals surface area contributed by atoms with Gasteiger partial charge in [0, 0.05) is 24.7 Å². The van der Waals surface area contributed by atoms with Crippen molar-refractivity contribution < 1.29 is 28.2 Å². The minimum atomic E-state index is -1.61. The molecule has 3 aromatic rings. The molecule has 1 aromatic carbocycles. The first-order valence-corrected chi connectivity index (χ1v) is 15.8. The molecule has 1 saturated heterocycles. The van der Waals surface area contributed by atoms with Crippen LogP contribution in [0.4, 0.5) is 0 Å². The van der Waals surface area contributed by atoms with Gasteiger partial charge in [0.2, 0.25) is 5.89 Å². The number of carbonyl (C=O) groups excluding carboxylic acids is 1. The zero-order valence-corrected chi connectivity index (χ0v) is 27.1. The van der Waals surface area contributed by atoms with E-state index in [0.717, 1.165) is 10.1 Å². The Labute approximate surface area is 260 Å². The number of hydrogen-bond donors (Lipinski definition) is 0. The van der Waals surface area contributed by atoms with Gasteiger partial charge in [0.15, 0.2) is 0 Å². The molecule has 2 aliphatic rings. The van der Waals surface area contributed by atoms with Crippen molar-refractivity contribution in [2.45, 2.75) is 100 Å². The second-order valence-corrected chi connectivity index (χ2v) is 13.8. The van der Waals surface area contributed by atoms with Gasteiger partial charge in [-0.25, -0.2) is 19.1 Å². The second-order valence-electron chi connectivity index (χ2n) is 12.7. The van der Waals surface area contributed by atoms with Gasteiger partial charge in [0.1, 0.15) is 29.3 Å². The van der Waals surface area contributed by atoms with Crippen molar-refractivity contribution in [1.29, 1.82) is 0 Å². The van der Waals surface area contributed by atoms with Crippen LogP contribution in [0.1, 0.15) is 88.7 Å². The van der Waals surface area contributed by atoms with Gasteiger partial charge in [-0.1, -0.05) is 36.9 Å². The van der Waals surface area contributed by atoms with Gasteiger partial charge in [-0.15, -0.1) is 0 Å². The number of carbonyl (C=O) groups is 1. The van der Waals surface area contributed by atoms with E-state index in [1.807, 2.05) is 31.2 Å². The fraction of sp³-hybridized carbons (Fsp3) is 0.562. The molecule has 2 aliphatic heterocycles. The molecule has 11 nitrogen and oxygen atoms in total. The molecule has 238 valence electrons. The van der Waals surface area contributed by atoms with E-state index in [2.05, 4.69) is 4.98 Å². The van der Waals surface area contributed by atoms with Crippen LogP contribution < -0.4 is 16.0 Å². The normalized spacial score (nSPS) is 19.9. The summed E-state index contributed by atoms with van der Waals surface area (Å²) in [4.78, 5) is 46.7. The first-order valence-electron chi connectivity index (χ1n) is 14.9. The van der Waals surface area contributed by atoms with E-state index >= 15 is 0 Å². The summed E-state index contributed by atoms with van der Waals surface area (Å²) in [6, 6.07) is 7.54. The molecule has 0 spiro atoms. The lowest BCUT2D eigenvalue weighted by Gasteiger charge is -2.32. The highest BCUT2D eigenvalue weighted by Gasteiger charge is 2.44. The molecule has 44 heavy (non-hydrogen) atoms.